The van der Waals surface area contributed by atoms with Crippen molar-refractivity contribution in [2.45, 2.75) is 31.7 Å². The summed E-state index contributed by atoms with van der Waals surface area (Å²) < 4.78 is 31.4. The number of aromatic hydroxyl groups is 1. The first-order valence-electron chi connectivity index (χ1n) is 9.19. The van der Waals surface area contributed by atoms with Crippen molar-refractivity contribution in [3.05, 3.63) is 63.5 Å². The Kier molecular flexibility index (Phi) is 5.68. The molecule has 1 heterocycles. The molecule has 0 radical (unpaired) electrons. The molecule has 0 aliphatic rings. The fraction of sp³-hybridized carbons (Fsp3) is 0.286. The summed E-state index contributed by atoms with van der Waals surface area (Å²) >= 11 is 0. The van der Waals surface area contributed by atoms with Crippen LogP contribution in [-0.4, -0.2) is 31.9 Å². The van der Waals surface area contributed by atoms with E-state index in [4.69, 9.17) is 4.42 Å². The monoisotopic (exact) mass is 416 g/mol. The lowest BCUT2D eigenvalue weighted by atomic mass is 10.0. The van der Waals surface area contributed by atoms with Crippen LogP contribution in [0.1, 0.15) is 23.6 Å². The minimum absolute atomic E-state index is 0.0883. The molecule has 0 saturated carbocycles. The summed E-state index contributed by atoms with van der Waals surface area (Å²) in [6, 6.07) is 9.78. The molecule has 0 bridgehead atoms. The van der Waals surface area contributed by atoms with E-state index in [1.54, 1.807) is 25.1 Å². The summed E-state index contributed by atoms with van der Waals surface area (Å²) in [6.45, 7) is 3.96. The fourth-order valence-corrected chi connectivity index (χ4v) is 4.26. The zero-order chi connectivity index (χ0) is 21.3. The number of nitrogens with one attached hydrogen (secondary N) is 1. The molecule has 8 heteroatoms. The van der Waals surface area contributed by atoms with Crippen molar-refractivity contribution in [3.8, 4) is 5.75 Å². The van der Waals surface area contributed by atoms with E-state index in [-0.39, 0.29) is 10.6 Å². The van der Waals surface area contributed by atoms with Crippen LogP contribution in [0.5, 0.6) is 5.75 Å². The van der Waals surface area contributed by atoms with E-state index in [1.807, 2.05) is 13.0 Å². The second-order valence-electron chi connectivity index (χ2n) is 7.04. The maximum Gasteiger partial charge on any atom is 0.336 e. The molecule has 2 N–H and O–H groups in total. The zero-order valence-electron chi connectivity index (χ0n) is 16.8. The van der Waals surface area contributed by atoms with Gasteiger partial charge in [-0.2, -0.15) is 0 Å². The summed E-state index contributed by atoms with van der Waals surface area (Å²) in [4.78, 5) is 12.2. The van der Waals surface area contributed by atoms with E-state index >= 15 is 0 Å². The Balaban J connectivity index is 1.98. The Labute approximate surface area is 169 Å². The summed E-state index contributed by atoms with van der Waals surface area (Å²) in [7, 11) is -0.586. The smallest absolute Gasteiger partial charge is 0.336 e. The molecule has 7 nitrogen and oxygen atoms in total. The minimum Gasteiger partial charge on any atom is -0.508 e. The topological polar surface area (TPSA) is 99.9 Å². The third kappa shape index (κ3) is 4.13. The average Bonchev–Trinajstić information content (AvgIpc) is 2.66. The van der Waals surface area contributed by atoms with Crippen LogP contribution in [0.3, 0.4) is 0 Å². The van der Waals surface area contributed by atoms with Gasteiger partial charge in [-0.1, -0.05) is 13.0 Å². The number of phenolic OH excluding ortho intramolecular Hbond substituents is 1. The molecule has 0 saturated heterocycles. The Hall–Kier alpha value is -2.84. The molecule has 154 valence electrons. The number of rotatable bonds is 6. The first-order chi connectivity index (χ1) is 13.6. The van der Waals surface area contributed by atoms with Crippen molar-refractivity contribution in [2.75, 3.05) is 19.4 Å². The van der Waals surface area contributed by atoms with Crippen LogP contribution in [0, 0.1) is 6.92 Å². The highest BCUT2D eigenvalue weighted by atomic mass is 32.2. The SMILES string of the molecule is CCc1cc2c(CNc3ccc(C)c(S(=O)(=O)N(C)C)c3)cc(=O)oc2cc1O. The molecular weight excluding hydrogens is 392 g/mol. The highest BCUT2D eigenvalue weighted by Crippen LogP contribution is 2.28. The summed E-state index contributed by atoms with van der Waals surface area (Å²) in [5.41, 5.74) is 2.51. The van der Waals surface area contributed by atoms with Gasteiger partial charge in [-0.3, -0.25) is 0 Å². The number of nitrogens with zero attached hydrogens (tertiary/aromatic N) is 1. The van der Waals surface area contributed by atoms with E-state index in [9.17, 15) is 18.3 Å². The predicted molar refractivity (Wildman–Crippen MR) is 113 cm³/mol. The number of benzene rings is 2. The van der Waals surface area contributed by atoms with Crippen molar-refractivity contribution in [2.24, 2.45) is 0 Å². The third-order valence-corrected chi connectivity index (χ3v) is 6.80. The Morgan fingerprint density at radius 2 is 1.83 bits per heavy atom. The number of phenols is 1. The van der Waals surface area contributed by atoms with Crippen molar-refractivity contribution in [1.29, 1.82) is 0 Å². The Morgan fingerprint density at radius 1 is 1.10 bits per heavy atom. The van der Waals surface area contributed by atoms with Gasteiger partial charge < -0.3 is 14.8 Å². The molecule has 0 atom stereocenters. The Morgan fingerprint density at radius 3 is 2.48 bits per heavy atom. The largest absolute Gasteiger partial charge is 0.508 e. The number of hydrogen-bond acceptors (Lipinski definition) is 6. The fourth-order valence-electron chi connectivity index (χ4n) is 3.12. The van der Waals surface area contributed by atoms with Gasteiger partial charge in [0, 0.05) is 43.8 Å². The van der Waals surface area contributed by atoms with Crippen molar-refractivity contribution >= 4 is 26.7 Å². The first-order valence-corrected chi connectivity index (χ1v) is 10.6. The van der Waals surface area contributed by atoms with E-state index < -0.39 is 15.6 Å². The molecule has 0 spiro atoms. The molecule has 3 rings (SSSR count). The minimum atomic E-state index is -3.57. The van der Waals surface area contributed by atoms with E-state index in [2.05, 4.69) is 5.32 Å². The molecule has 0 amide bonds. The van der Waals surface area contributed by atoms with Crippen LogP contribution in [0.4, 0.5) is 5.69 Å². The highest BCUT2D eigenvalue weighted by Gasteiger charge is 2.20. The molecule has 29 heavy (non-hydrogen) atoms. The van der Waals surface area contributed by atoms with Crippen molar-refractivity contribution in [1.82, 2.24) is 4.31 Å². The zero-order valence-corrected chi connectivity index (χ0v) is 17.6. The van der Waals surface area contributed by atoms with Gasteiger partial charge in [0.25, 0.3) is 0 Å². The number of hydrogen-bond donors (Lipinski definition) is 2. The van der Waals surface area contributed by atoms with Crippen LogP contribution >= 0.6 is 0 Å². The van der Waals surface area contributed by atoms with Gasteiger partial charge in [-0.05, 0) is 48.2 Å². The van der Waals surface area contributed by atoms with Gasteiger partial charge in [-0.15, -0.1) is 0 Å². The highest BCUT2D eigenvalue weighted by molar-refractivity contribution is 7.89. The number of aryl methyl sites for hydroxylation is 2. The van der Waals surface area contributed by atoms with Crippen molar-refractivity contribution < 1.29 is 17.9 Å². The molecular formula is C21H24N2O5S. The van der Waals surface area contributed by atoms with Gasteiger partial charge >= 0.3 is 5.63 Å². The molecule has 0 aliphatic carbocycles. The van der Waals surface area contributed by atoms with Crippen LogP contribution in [0.25, 0.3) is 11.0 Å². The molecule has 0 fully saturated rings. The van der Waals surface area contributed by atoms with Crippen LogP contribution in [0.2, 0.25) is 0 Å². The van der Waals surface area contributed by atoms with E-state index in [0.717, 1.165) is 10.9 Å². The van der Waals surface area contributed by atoms with Crippen molar-refractivity contribution in [3.63, 3.8) is 0 Å². The maximum atomic E-state index is 12.5. The first kappa shape index (κ1) is 20.9. The maximum absolute atomic E-state index is 12.5. The van der Waals surface area contributed by atoms with Gasteiger partial charge in [-0.25, -0.2) is 17.5 Å². The van der Waals surface area contributed by atoms with E-state index in [1.165, 1.54) is 30.5 Å². The molecule has 2 aromatic carbocycles. The number of anilines is 1. The lowest BCUT2D eigenvalue weighted by Gasteiger charge is -2.16. The van der Waals surface area contributed by atoms with Gasteiger partial charge in [0.15, 0.2) is 0 Å². The lowest BCUT2D eigenvalue weighted by Crippen LogP contribution is -2.23. The summed E-state index contributed by atoms with van der Waals surface area (Å²) in [5, 5.41) is 13.9. The lowest BCUT2D eigenvalue weighted by molar-refractivity contribution is 0.466. The second kappa shape index (κ2) is 7.88. The second-order valence-corrected chi connectivity index (χ2v) is 9.16. The third-order valence-electron chi connectivity index (χ3n) is 4.84. The van der Waals surface area contributed by atoms with E-state index in [0.29, 0.717) is 35.4 Å². The Bertz CT molecular complexity index is 1230. The molecule has 1 aromatic heterocycles. The predicted octanol–water partition coefficient (Wildman–Crippen LogP) is 3.23. The quantitative estimate of drug-likeness (QED) is 0.599. The standard InChI is InChI=1S/C21H24N2O5S/c1-5-14-8-17-15(9-21(25)28-19(17)11-18(14)24)12-22-16-7-6-13(2)20(10-16)29(26,27)23(3)4/h6-11,22,24H,5,12H2,1-4H3. The van der Waals surface area contributed by atoms with Crippen LogP contribution in [-0.2, 0) is 23.0 Å². The molecule has 0 aliphatic heterocycles. The average molecular weight is 416 g/mol. The van der Waals surface area contributed by atoms with Crippen LogP contribution < -0.4 is 10.9 Å². The summed E-state index contributed by atoms with van der Waals surface area (Å²) in [6.07, 6.45) is 0.636. The van der Waals surface area contributed by atoms with Crippen LogP contribution in [0.15, 0.2) is 50.5 Å². The van der Waals surface area contributed by atoms with Gasteiger partial charge in [0.2, 0.25) is 10.0 Å². The van der Waals surface area contributed by atoms with Gasteiger partial charge in [0.05, 0.1) is 4.90 Å². The normalized spacial score (nSPS) is 11.9. The molecule has 0 unspecified atom stereocenters. The number of fused-ring (bicyclic) bond motifs is 1. The summed E-state index contributed by atoms with van der Waals surface area (Å²) in [5.74, 6) is 0.0883. The van der Waals surface area contributed by atoms with Gasteiger partial charge in [0.1, 0.15) is 11.3 Å². The molecule has 3 aromatic rings. The number of sulfonamides is 1.